The maximum absolute atomic E-state index is 14.4. The number of halogens is 2. The average Bonchev–Trinajstić information content (AvgIpc) is 2.96. The molecule has 1 aromatic rings. The summed E-state index contributed by atoms with van der Waals surface area (Å²) in [4.78, 5) is 37.3. The normalized spacial score (nSPS) is 19.6. The summed E-state index contributed by atoms with van der Waals surface area (Å²) in [6.07, 6.45) is -2.46. The molecule has 7 nitrogen and oxygen atoms in total. The summed E-state index contributed by atoms with van der Waals surface area (Å²) < 4.78 is 37.9. The summed E-state index contributed by atoms with van der Waals surface area (Å²) in [6.45, 7) is 4.65. The number of hydrogen-bond donors (Lipinski definition) is 1. The van der Waals surface area contributed by atoms with Crippen LogP contribution in [0.4, 0.5) is 19.3 Å². The van der Waals surface area contributed by atoms with E-state index in [-0.39, 0.29) is 24.2 Å². The Balaban J connectivity index is 2.19. The van der Waals surface area contributed by atoms with Crippen LogP contribution in [0, 0.1) is 5.82 Å². The highest BCUT2D eigenvalue weighted by atomic mass is 19.1. The topological polar surface area (TPSA) is 84.9 Å². The van der Waals surface area contributed by atoms with Crippen molar-refractivity contribution < 1.29 is 32.6 Å². The number of anilines is 1. The Hall–Kier alpha value is -2.71. The molecule has 27 heavy (non-hydrogen) atoms. The third-order valence-electron chi connectivity index (χ3n) is 3.84. The van der Waals surface area contributed by atoms with Gasteiger partial charge in [-0.15, -0.1) is 0 Å². The molecule has 1 aliphatic rings. The highest BCUT2D eigenvalue weighted by molar-refractivity contribution is 5.98. The van der Waals surface area contributed by atoms with E-state index in [2.05, 4.69) is 10.1 Å². The van der Waals surface area contributed by atoms with Gasteiger partial charge in [-0.3, -0.25) is 9.69 Å². The average molecular weight is 384 g/mol. The second-order valence-electron chi connectivity index (χ2n) is 7.13. The molecule has 0 saturated carbocycles. The minimum atomic E-state index is -1.40. The fraction of sp³-hybridized carbons (Fsp3) is 0.500. The first-order valence-electron chi connectivity index (χ1n) is 8.35. The van der Waals surface area contributed by atoms with Crippen LogP contribution in [-0.2, 0) is 14.3 Å². The number of benzene rings is 1. The first-order valence-corrected chi connectivity index (χ1v) is 8.35. The number of esters is 1. The van der Waals surface area contributed by atoms with Gasteiger partial charge in [-0.1, -0.05) is 6.07 Å². The van der Waals surface area contributed by atoms with E-state index in [0.717, 1.165) is 12.0 Å². The Bertz CT molecular complexity index is 748. The molecule has 2 atom stereocenters. The van der Waals surface area contributed by atoms with Gasteiger partial charge < -0.3 is 14.8 Å². The van der Waals surface area contributed by atoms with Crippen molar-refractivity contribution in [2.75, 3.05) is 19.0 Å². The molecule has 0 spiro atoms. The Morgan fingerprint density at radius 2 is 1.93 bits per heavy atom. The standard InChI is InChI=1S/C18H22F2N2O5/c1-18(2,3)27-17(25)22-9-10(19)8-13(22)15(23)21-12-7-5-6-11(14(12)20)16(24)26-4/h5-7,10,13H,8-9H2,1-4H3,(H,21,23)/t10-,13+/m1/s1. The van der Waals surface area contributed by atoms with Gasteiger partial charge in [-0.05, 0) is 32.9 Å². The van der Waals surface area contributed by atoms with Crippen LogP contribution in [0.3, 0.4) is 0 Å². The Labute approximate surface area is 155 Å². The summed E-state index contributed by atoms with van der Waals surface area (Å²) in [5, 5.41) is 2.30. The van der Waals surface area contributed by atoms with E-state index in [1.54, 1.807) is 20.8 Å². The van der Waals surface area contributed by atoms with Crippen LogP contribution >= 0.6 is 0 Å². The van der Waals surface area contributed by atoms with E-state index in [1.807, 2.05) is 0 Å². The van der Waals surface area contributed by atoms with Gasteiger partial charge in [-0.25, -0.2) is 18.4 Å². The zero-order valence-electron chi connectivity index (χ0n) is 15.5. The van der Waals surface area contributed by atoms with Crippen molar-refractivity contribution in [1.82, 2.24) is 4.90 Å². The molecular weight excluding hydrogens is 362 g/mol. The van der Waals surface area contributed by atoms with Gasteiger partial charge in [0.1, 0.15) is 17.8 Å². The van der Waals surface area contributed by atoms with Gasteiger partial charge >= 0.3 is 12.1 Å². The van der Waals surface area contributed by atoms with Crippen molar-refractivity contribution in [2.45, 2.75) is 45.0 Å². The predicted molar refractivity (Wildman–Crippen MR) is 92.6 cm³/mol. The molecule has 148 valence electrons. The molecule has 0 radical (unpaired) electrons. The molecule has 1 heterocycles. The quantitative estimate of drug-likeness (QED) is 0.810. The lowest BCUT2D eigenvalue weighted by atomic mass is 10.1. The van der Waals surface area contributed by atoms with Crippen LogP contribution in [0.1, 0.15) is 37.6 Å². The van der Waals surface area contributed by atoms with Gasteiger partial charge in [0.25, 0.3) is 0 Å². The number of likely N-dealkylation sites (tertiary alicyclic amines) is 1. The molecule has 0 aromatic heterocycles. The van der Waals surface area contributed by atoms with E-state index in [0.29, 0.717) is 0 Å². The first kappa shape index (κ1) is 20.6. The summed E-state index contributed by atoms with van der Waals surface area (Å²) in [7, 11) is 1.10. The van der Waals surface area contributed by atoms with Crippen LogP contribution in [0.15, 0.2) is 18.2 Å². The molecule has 2 amide bonds. The van der Waals surface area contributed by atoms with E-state index >= 15 is 0 Å². The second-order valence-corrected chi connectivity index (χ2v) is 7.13. The van der Waals surface area contributed by atoms with Gasteiger partial charge in [0.05, 0.1) is 24.9 Å². The zero-order chi connectivity index (χ0) is 20.4. The van der Waals surface area contributed by atoms with Gasteiger partial charge in [0, 0.05) is 6.42 Å². The number of methoxy groups -OCH3 is 1. The van der Waals surface area contributed by atoms with Crippen molar-refractivity contribution in [1.29, 1.82) is 0 Å². The largest absolute Gasteiger partial charge is 0.465 e. The monoisotopic (exact) mass is 384 g/mol. The molecule has 1 fully saturated rings. The fourth-order valence-electron chi connectivity index (χ4n) is 2.67. The van der Waals surface area contributed by atoms with Crippen LogP contribution in [-0.4, -0.2) is 54.3 Å². The maximum Gasteiger partial charge on any atom is 0.411 e. The minimum absolute atomic E-state index is 0.233. The van der Waals surface area contributed by atoms with Crippen LogP contribution in [0.2, 0.25) is 0 Å². The Kier molecular flexibility index (Phi) is 6.02. The predicted octanol–water partition coefficient (Wildman–Crippen LogP) is 2.90. The number of amides is 2. The summed E-state index contributed by atoms with van der Waals surface area (Å²) in [6, 6.07) is 2.66. The molecule has 0 aliphatic carbocycles. The second kappa shape index (κ2) is 7.89. The molecule has 1 aliphatic heterocycles. The number of ether oxygens (including phenoxy) is 2. The van der Waals surface area contributed by atoms with Crippen molar-refractivity contribution in [3.8, 4) is 0 Å². The first-order chi connectivity index (χ1) is 12.5. The number of rotatable bonds is 3. The van der Waals surface area contributed by atoms with Crippen molar-refractivity contribution >= 4 is 23.7 Å². The Morgan fingerprint density at radius 1 is 1.26 bits per heavy atom. The van der Waals surface area contributed by atoms with Gasteiger partial charge in [0.2, 0.25) is 5.91 Å². The van der Waals surface area contributed by atoms with E-state index < -0.39 is 41.6 Å². The number of alkyl halides is 1. The molecule has 2 rings (SSSR count). The van der Waals surface area contributed by atoms with E-state index in [4.69, 9.17) is 4.74 Å². The lowest BCUT2D eigenvalue weighted by molar-refractivity contribution is -0.120. The summed E-state index contributed by atoms with van der Waals surface area (Å²) >= 11 is 0. The van der Waals surface area contributed by atoms with Gasteiger partial charge in [-0.2, -0.15) is 0 Å². The Morgan fingerprint density at radius 3 is 2.52 bits per heavy atom. The minimum Gasteiger partial charge on any atom is -0.465 e. The third-order valence-corrected chi connectivity index (χ3v) is 3.84. The van der Waals surface area contributed by atoms with Gasteiger partial charge in [0.15, 0.2) is 5.82 Å². The molecule has 1 saturated heterocycles. The number of carbonyl (C=O) groups excluding carboxylic acids is 3. The highest BCUT2D eigenvalue weighted by Crippen LogP contribution is 2.26. The van der Waals surface area contributed by atoms with Crippen LogP contribution in [0.25, 0.3) is 0 Å². The zero-order valence-corrected chi connectivity index (χ0v) is 15.5. The van der Waals surface area contributed by atoms with E-state index in [1.165, 1.54) is 18.2 Å². The lowest BCUT2D eigenvalue weighted by Gasteiger charge is -2.27. The number of nitrogens with zero attached hydrogens (tertiary/aromatic N) is 1. The summed E-state index contributed by atoms with van der Waals surface area (Å²) in [5.41, 5.74) is -1.43. The van der Waals surface area contributed by atoms with Crippen LogP contribution < -0.4 is 5.32 Å². The van der Waals surface area contributed by atoms with E-state index in [9.17, 15) is 23.2 Å². The van der Waals surface area contributed by atoms with Crippen molar-refractivity contribution in [3.05, 3.63) is 29.6 Å². The molecule has 9 heteroatoms. The summed E-state index contributed by atoms with van der Waals surface area (Å²) in [5.74, 6) is -2.65. The van der Waals surface area contributed by atoms with Crippen molar-refractivity contribution in [3.63, 3.8) is 0 Å². The third kappa shape index (κ3) is 4.93. The fourth-order valence-corrected chi connectivity index (χ4v) is 2.67. The molecule has 1 N–H and O–H groups in total. The maximum atomic E-state index is 14.4. The smallest absolute Gasteiger partial charge is 0.411 e. The van der Waals surface area contributed by atoms with Crippen molar-refractivity contribution in [2.24, 2.45) is 0 Å². The molecular formula is C18H22F2N2O5. The highest BCUT2D eigenvalue weighted by Gasteiger charge is 2.42. The lowest BCUT2D eigenvalue weighted by Crippen LogP contribution is -2.45. The number of nitrogens with one attached hydrogen (secondary N) is 1. The SMILES string of the molecule is COC(=O)c1cccc(NC(=O)[C@@H]2C[C@@H](F)CN2C(=O)OC(C)(C)C)c1F. The van der Waals surface area contributed by atoms with Crippen LogP contribution in [0.5, 0.6) is 0 Å². The number of hydrogen-bond acceptors (Lipinski definition) is 5. The number of carbonyl (C=O) groups is 3. The molecule has 0 unspecified atom stereocenters. The molecule has 1 aromatic carbocycles. The molecule has 0 bridgehead atoms.